The van der Waals surface area contributed by atoms with Gasteiger partial charge in [0, 0.05) is 17.1 Å². The number of carbonyl (C=O) groups excluding carboxylic acids is 2. The molecule has 1 saturated heterocycles. The third-order valence-corrected chi connectivity index (χ3v) is 3.39. The van der Waals surface area contributed by atoms with E-state index in [0.29, 0.717) is 23.6 Å². The highest BCUT2D eigenvalue weighted by Gasteiger charge is 2.39. The Balaban J connectivity index is 0.00000180. The van der Waals surface area contributed by atoms with Crippen LogP contribution in [0.15, 0.2) is 24.3 Å². The van der Waals surface area contributed by atoms with Gasteiger partial charge in [0.1, 0.15) is 0 Å². The van der Waals surface area contributed by atoms with Gasteiger partial charge in [-0.1, -0.05) is 23.7 Å². The number of ketones is 1. The molecule has 0 spiro atoms. The van der Waals surface area contributed by atoms with E-state index in [-0.39, 0.29) is 30.6 Å². The van der Waals surface area contributed by atoms with Gasteiger partial charge in [-0.3, -0.25) is 9.59 Å². The number of benzene rings is 1. The van der Waals surface area contributed by atoms with Crippen molar-refractivity contribution >= 4 is 35.7 Å². The van der Waals surface area contributed by atoms with Crippen LogP contribution in [0.25, 0.3) is 0 Å². The topological polar surface area (TPSA) is 63.4 Å². The normalized spacial score (nSPS) is 22.3. The number of rotatable bonds is 3. The molecule has 104 valence electrons. The van der Waals surface area contributed by atoms with Gasteiger partial charge in [0.05, 0.1) is 12.1 Å². The van der Waals surface area contributed by atoms with Gasteiger partial charge < -0.3 is 10.6 Å². The van der Waals surface area contributed by atoms with E-state index in [1.54, 1.807) is 31.2 Å². The Kier molecular flexibility index (Phi) is 4.96. The molecule has 19 heavy (non-hydrogen) atoms. The molecule has 1 unspecified atom stereocenters. The molecule has 1 fully saturated rings. The number of carbonyl (C=O) groups is 2. The maximum atomic E-state index is 12.0. The first kappa shape index (κ1) is 16.0. The highest BCUT2D eigenvalue weighted by molar-refractivity contribution is 6.31. The molecular formula is C13H16Cl2N2O2. The lowest BCUT2D eigenvalue weighted by Gasteiger charge is -2.18. The van der Waals surface area contributed by atoms with Gasteiger partial charge in [-0.15, -0.1) is 12.4 Å². The molecule has 1 heterocycles. The molecule has 0 aromatic heterocycles. The van der Waals surface area contributed by atoms with Crippen molar-refractivity contribution in [3.63, 3.8) is 0 Å². The van der Waals surface area contributed by atoms with E-state index in [4.69, 9.17) is 17.3 Å². The number of Topliss-reactive ketones (excluding diaryl/α,β-unsaturated/α-hetero) is 1. The third kappa shape index (κ3) is 3.47. The van der Waals surface area contributed by atoms with E-state index in [0.717, 1.165) is 0 Å². The second kappa shape index (κ2) is 5.90. The molecule has 0 saturated carbocycles. The Hall–Kier alpha value is -1.10. The fourth-order valence-electron chi connectivity index (χ4n) is 2.01. The Bertz CT molecular complexity index is 503. The van der Waals surface area contributed by atoms with Crippen LogP contribution in [0.4, 0.5) is 0 Å². The SMILES string of the molecule is CC1(N)CCN(CC(=O)c2cccc(Cl)c2)C1=O.Cl. The zero-order valence-electron chi connectivity index (χ0n) is 10.6. The number of nitrogens with two attached hydrogens (primary N) is 1. The van der Waals surface area contributed by atoms with Gasteiger partial charge in [0.15, 0.2) is 5.78 Å². The van der Waals surface area contributed by atoms with Crippen LogP contribution in [0.3, 0.4) is 0 Å². The lowest BCUT2D eigenvalue weighted by molar-refractivity contribution is -0.131. The molecular weight excluding hydrogens is 287 g/mol. The fraction of sp³-hybridized carbons (Fsp3) is 0.385. The summed E-state index contributed by atoms with van der Waals surface area (Å²) >= 11 is 5.83. The predicted octanol–water partition coefficient (Wildman–Crippen LogP) is 1.89. The number of hydrogen-bond acceptors (Lipinski definition) is 3. The lowest BCUT2D eigenvalue weighted by Crippen LogP contribution is -2.46. The molecule has 2 rings (SSSR count). The summed E-state index contributed by atoms with van der Waals surface area (Å²) in [5.41, 5.74) is 5.50. The van der Waals surface area contributed by atoms with Crippen LogP contribution >= 0.6 is 24.0 Å². The van der Waals surface area contributed by atoms with E-state index in [9.17, 15) is 9.59 Å². The maximum absolute atomic E-state index is 12.0. The second-order valence-corrected chi connectivity index (χ2v) is 5.26. The summed E-state index contributed by atoms with van der Waals surface area (Å²) in [4.78, 5) is 25.4. The zero-order valence-corrected chi connectivity index (χ0v) is 12.1. The first-order valence-electron chi connectivity index (χ1n) is 5.77. The molecule has 1 aliphatic heterocycles. The average molecular weight is 303 g/mol. The summed E-state index contributed by atoms with van der Waals surface area (Å²) in [6.07, 6.45) is 0.578. The monoisotopic (exact) mass is 302 g/mol. The standard InChI is InChI=1S/C13H15ClN2O2.ClH/c1-13(15)5-6-16(12(13)18)8-11(17)9-3-2-4-10(14)7-9;/h2-4,7H,5-6,8,15H2,1H3;1H. The third-order valence-electron chi connectivity index (χ3n) is 3.16. The van der Waals surface area contributed by atoms with Crippen LogP contribution < -0.4 is 5.73 Å². The van der Waals surface area contributed by atoms with Crippen LogP contribution in [0.5, 0.6) is 0 Å². The molecule has 0 bridgehead atoms. The van der Waals surface area contributed by atoms with Gasteiger partial charge in [-0.25, -0.2) is 0 Å². The van der Waals surface area contributed by atoms with Crippen molar-refractivity contribution in [3.8, 4) is 0 Å². The molecule has 1 aliphatic rings. The highest BCUT2D eigenvalue weighted by Crippen LogP contribution is 2.20. The van der Waals surface area contributed by atoms with Crippen molar-refractivity contribution in [3.05, 3.63) is 34.9 Å². The minimum absolute atomic E-state index is 0. The Morgan fingerprint density at radius 2 is 2.21 bits per heavy atom. The Morgan fingerprint density at radius 3 is 2.74 bits per heavy atom. The van der Waals surface area contributed by atoms with E-state index >= 15 is 0 Å². The van der Waals surface area contributed by atoms with Gasteiger partial charge in [-0.05, 0) is 25.5 Å². The molecule has 1 amide bonds. The molecule has 0 radical (unpaired) electrons. The smallest absolute Gasteiger partial charge is 0.242 e. The molecule has 2 N–H and O–H groups in total. The molecule has 1 atom stereocenters. The number of amides is 1. The lowest BCUT2D eigenvalue weighted by atomic mass is 10.0. The summed E-state index contributed by atoms with van der Waals surface area (Å²) in [6, 6.07) is 6.72. The van der Waals surface area contributed by atoms with E-state index in [1.165, 1.54) is 4.90 Å². The van der Waals surface area contributed by atoms with Crippen LogP contribution in [0.2, 0.25) is 5.02 Å². The van der Waals surface area contributed by atoms with Crippen LogP contribution in [-0.2, 0) is 4.79 Å². The van der Waals surface area contributed by atoms with Gasteiger partial charge in [0.25, 0.3) is 0 Å². The summed E-state index contributed by atoms with van der Waals surface area (Å²) in [7, 11) is 0. The zero-order chi connectivity index (χ0) is 13.3. The summed E-state index contributed by atoms with van der Waals surface area (Å²) in [5, 5.41) is 0.511. The van der Waals surface area contributed by atoms with Crippen molar-refractivity contribution in [2.75, 3.05) is 13.1 Å². The van der Waals surface area contributed by atoms with Crippen molar-refractivity contribution < 1.29 is 9.59 Å². The van der Waals surface area contributed by atoms with Gasteiger partial charge >= 0.3 is 0 Å². The second-order valence-electron chi connectivity index (χ2n) is 4.83. The molecule has 6 heteroatoms. The van der Waals surface area contributed by atoms with E-state index in [1.807, 2.05) is 0 Å². The summed E-state index contributed by atoms with van der Waals surface area (Å²) in [6.45, 7) is 2.28. The van der Waals surface area contributed by atoms with Gasteiger partial charge in [-0.2, -0.15) is 0 Å². The average Bonchev–Trinajstić information content (AvgIpc) is 2.56. The molecule has 1 aromatic carbocycles. The van der Waals surface area contributed by atoms with E-state index in [2.05, 4.69) is 0 Å². The highest BCUT2D eigenvalue weighted by atomic mass is 35.5. The van der Waals surface area contributed by atoms with Crippen molar-refractivity contribution in [1.29, 1.82) is 0 Å². The van der Waals surface area contributed by atoms with Crippen LogP contribution in [0.1, 0.15) is 23.7 Å². The number of halogens is 2. The van der Waals surface area contributed by atoms with E-state index < -0.39 is 5.54 Å². The minimum atomic E-state index is -0.839. The molecule has 1 aromatic rings. The minimum Gasteiger partial charge on any atom is -0.333 e. The first-order valence-corrected chi connectivity index (χ1v) is 6.15. The number of nitrogens with zero attached hydrogens (tertiary/aromatic N) is 1. The largest absolute Gasteiger partial charge is 0.333 e. The molecule has 0 aliphatic carbocycles. The van der Waals surface area contributed by atoms with Crippen LogP contribution in [0, 0.1) is 0 Å². The fourth-order valence-corrected chi connectivity index (χ4v) is 2.20. The summed E-state index contributed by atoms with van der Waals surface area (Å²) in [5.74, 6) is -0.290. The summed E-state index contributed by atoms with van der Waals surface area (Å²) < 4.78 is 0. The molecule has 4 nitrogen and oxygen atoms in total. The number of likely N-dealkylation sites (tertiary alicyclic amines) is 1. The Labute approximate surface area is 123 Å². The quantitative estimate of drug-likeness (QED) is 0.867. The van der Waals surface area contributed by atoms with Crippen molar-refractivity contribution in [2.45, 2.75) is 18.9 Å². The number of hydrogen-bond donors (Lipinski definition) is 1. The Morgan fingerprint density at radius 1 is 1.53 bits per heavy atom. The maximum Gasteiger partial charge on any atom is 0.242 e. The van der Waals surface area contributed by atoms with Gasteiger partial charge in [0.2, 0.25) is 5.91 Å². The van der Waals surface area contributed by atoms with Crippen molar-refractivity contribution in [1.82, 2.24) is 4.90 Å². The predicted molar refractivity (Wildman–Crippen MR) is 76.8 cm³/mol. The first-order chi connectivity index (χ1) is 8.40. The van der Waals surface area contributed by atoms with Crippen LogP contribution in [-0.4, -0.2) is 35.2 Å². The van der Waals surface area contributed by atoms with Crippen molar-refractivity contribution in [2.24, 2.45) is 5.73 Å².